The van der Waals surface area contributed by atoms with Crippen molar-refractivity contribution in [2.75, 3.05) is 11.9 Å². The lowest BCUT2D eigenvalue weighted by Gasteiger charge is -2.21. The van der Waals surface area contributed by atoms with Crippen LogP contribution in [0.15, 0.2) is 60.7 Å². The van der Waals surface area contributed by atoms with E-state index in [9.17, 15) is 4.79 Å². The molecule has 1 amide bonds. The summed E-state index contributed by atoms with van der Waals surface area (Å²) in [7, 11) is 0. The van der Waals surface area contributed by atoms with E-state index in [1.54, 1.807) is 0 Å². The second-order valence-electron chi connectivity index (χ2n) is 7.70. The summed E-state index contributed by atoms with van der Waals surface area (Å²) in [4.78, 5) is 21.1. The van der Waals surface area contributed by atoms with E-state index in [1.807, 2.05) is 53.1 Å². The van der Waals surface area contributed by atoms with Crippen LogP contribution in [0.25, 0.3) is 16.9 Å². The van der Waals surface area contributed by atoms with E-state index in [1.165, 1.54) is 5.56 Å². The molecule has 2 aromatic heterocycles. The molecule has 162 valence electrons. The fraction of sp³-hybridized carbons (Fsp3) is 0.208. The summed E-state index contributed by atoms with van der Waals surface area (Å²) < 4.78 is 7.04. The van der Waals surface area contributed by atoms with Gasteiger partial charge in [-0.1, -0.05) is 48.5 Å². The van der Waals surface area contributed by atoms with Gasteiger partial charge in [0.05, 0.1) is 16.9 Å². The SMILES string of the molecule is NC(=O)OCc1cc2ccccc2n1-c1nc2c(c(NCc3ccccc3)n1)CNCC2. The highest BCUT2D eigenvalue weighted by Crippen LogP contribution is 2.27. The van der Waals surface area contributed by atoms with Crippen molar-refractivity contribution in [1.82, 2.24) is 19.9 Å². The number of anilines is 1. The zero-order valence-electron chi connectivity index (χ0n) is 17.5. The average Bonchev–Trinajstić information content (AvgIpc) is 3.20. The zero-order valence-corrected chi connectivity index (χ0v) is 17.5. The van der Waals surface area contributed by atoms with Gasteiger partial charge in [-0.25, -0.2) is 9.78 Å². The predicted molar refractivity (Wildman–Crippen MR) is 122 cm³/mol. The molecule has 4 aromatic rings. The Morgan fingerprint density at radius 2 is 1.94 bits per heavy atom. The number of fused-ring (bicyclic) bond motifs is 2. The summed E-state index contributed by atoms with van der Waals surface area (Å²) in [5, 5.41) is 7.92. The first-order valence-corrected chi connectivity index (χ1v) is 10.6. The zero-order chi connectivity index (χ0) is 21.9. The number of nitrogens with one attached hydrogen (secondary N) is 2. The Morgan fingerprint density at radius 1 is 1.12 bits per heavy atom. The van der Waals surface area contributed by atoms with Crippen LogP contribution >= 0.6 is 0 Å². The Balaban J connectivity index is 1.59. The number of carbonyl (C=O) groups excluding carboxylic acids is 1. The van der Waals surface area contributed by atoms with Crippen molar-refractivity contribution in [3.63, 3.8) is 0 Å². The van der Waals surface area contributed by atoms with Gasteiger partial charge in [-0.15, -0.1) is 0 Å². The largest absolute Gasteiger partial charge is 0.443 e. The Morgan fingerprint density at radius 3 is 2.78 bits per heavy atom. The van der Waals surface area contributed by atoms with Crippen molar-refractivity contribution >= 4 is 22.8 Å². The number of nitrogens with two attached hydrogens (primary N) is 1. The Bertz CT molecular complexity index is 1270. The lowest BCUT2D eigenvalue weighted by Crippen LogP contribution is -2.27. The smallest absolute Gasteiger partial charge is 0.404 e. The van der Waals surface area contributed by atoms with E-state index in [-0.39, 0.29) is 6.61 Å². The molecule has 0 saturated carbocycles. The molecule has 2 aromatic carbocycles. The number of amides is 1. The maximum Gasteiger partial charge on any atom is 0.404 e. The van der Waals surface area contributed by atoms with Crippen LogP contribution in [0.4, 0.5) is 10.6 Å². The van der Waals surface area contributed by atoms with Gasteiger partial charge in [0.1, 0.15) is 12.4 Å². The maximum absolute atomic E-state index is 11.2. The molecule has 0 saturated heterocycles. The topological polar surface area (TPSA) is 107 Å². The van der Waals surface area contributed by atoms with Crippen molar-refractivity contribution in [3.8, 4) is 5.95 Å². The molecule has 32 heavy (non-hydrogen) atoms. The highest BCUT2D eigenvalue weighted by Gasteiger charge is 2.21. The molecule has 8 heteroatoms. The molecular formula is C24H24N6O2. The summed E-state index contributed by atoms with van der Waals surface area (Å²) in [6.45, 7) is 2.29. The molecule has 1 aliphatic heterocycles. The van der Waals surface area contributed by atoms with Gasteiger partial charge in [0.2, 0.25) is 5.95 Å². The van der Waals surface area contributed by atoms with Gasteiger partial charge in [0.25, 0.3) is 0 Å². The van der Waals surface area contributed by atoms with Crippen LogP contribution in [0.3, 0.4) is 0 Å². The quantitative estimate of drug-likeness (QED) is 0.435. The highest BCUT2D eigenvalue weighted by atomic mass is 16.5. The summed E-state index contributed by atoms with van der Waals surface area (Å²) >= 11 is 0. The standard InChI is InChI=1S/C24H24N6O2/c25-23(31)32-15-18-12-17-8-4-5-9-21(17)30(18)24-28-20-10-11-26-14-19(20)22(29-24)27-13-16-6-2-1-3-7-16/h1-9,12,26H,10-11,13-15H2,(H2,25,31)(H,27,28,29). The molecule has 1 aliphatic rings. The molecule has 5 rings (SSSR count). The van der Waals surface area contributed by atoms with Gasteiger partial charge < -0.3 is 21.1 Å². The molecule has 0 aliphatic carbocycles. The monoisotopic (exact) mass is 428 g/mol. The number of primary amides is 1. The van der Waals surface area contributed by atoms with Crippen molar-refractivity contribution in [1.29, 1.82) is 0 Å². The summed E-state index contributed by atoms with van der Waals surface area (Å²) in [6, 6.07) is 20.1. The van der Waals surface area contributed by atoms with Crippen molar-refractivity contribution < 1.29 is 9.53 Å². The number of rotatable bonds is 6. The van der Waals surface area contributed by atoms with Crippen molar-refractivity contribution in [3.05, 3.63) is 83.2 Å². The molecule has 0 atom stereocenters. The number of aromatic nitrogens is 3. The number of benzene rings is 2. The minimum absolute atomic E-state index is 0.0405. The number of para-hydroxylation sites is 1. The molecule has 0 spiro atoms. The third-order valence-electron chi connectivity index (χ3n) is 5.57. The van der Waals surface area contributed by atoms with Crippen molar-refractivity contribution in [2.24, 2.45) is 5.73 Å². The summed E-state index contributed by atoms with van der Waals surface area (Å²) in [5.41, 5.74) is 10.2. The van der Waals surface area contributed by atoms with E-state index < -0.39 is 6.09 Å². The molecule has 8 nitrogen and oxygen atoms in total. The molecule has 0 radical (unpaired) electrons. The van der Waals surface area contributed by atoms with Crippen LogP contribution in [0, 0.1) is 0 Å². The fourth-order valence-electron chi connectivity index (χ4n) is 4.06. The Labute approximate surface area is 185 Å². The Kier molecular flexibility index (Phi) is 5.43. The molecule has 0 bridgehead atoms. The van der Waals surface area contributed by atoms with Crippen molar-refractivity contribution in [2.45, 2.75) is 26.1 Å². The van der Waals surface area contributed by atoms with Crippen LogP contribution in [0.5, 0.6) is 0 Å². The van der Waals surface area contributed by atoms with E-state index >= 15 is 0 Å². The minimum Gasteiger partial charge on any atom is -0.443 e. The normalized spacial score (nSPS) is 13.0. The van der Waals surface area contributed by atoms with Crippen LogP contribution in [-0.4, -0.2) is 27.2 Å². The van der Waals surface area contributed by atoms with Gasteiger partial charge in [-0.3, -0.25) is 4.57 Å². The number of ether oxygens (including phenoxy) is 1. The first kappa shape index (κ1) is 20.0. The lowest BCUT2D eigenvalue weighted by molar-refractivity contribution is 0.148. The first-order valence-electron chi connectivity index (χ1n) is 10.6. The van der Waals surface area contributed by atoms with E-state index in [0.717, 1.165) is 53.2 Å². The summed E-state index contributed by atoms with van der Waals surface area (Å²) in [5.74, 6) is 1.35. The molecule has 4 N–H and O–H groups in total. The third-order valence-corrected chi connectivity index (χ3v) is 5.57. The van der Waals surface area contributed by atoms with Gasteiger partial charge in [0, 0.05) is 37.0 Å². The van der Waals surface area contributed by atoms with Gasteiger partial charge in [-0.2, -0.15) is 4.98 Å². The number of nitrogens with zero attached hydrogens (tertiary/aromatic N) is 3. The molecule has 3 heterocycles. The molecule has 0 unspecified atom stereocenters. The molecule has 0 fully saturated rings. The summed E-state index contributed by atoms with van der Waals surface area (Å²) in [6.07, 6.45) is 0.00134. The first-order chi connectivity index (χ1) is 15.7. The van der Waals surface area contributed by atoms with Crippen LogP contribution in [-0.2, 0) is 30.9 Å². The lowest BCUT2D eigenvalue weighted by atomic mass is 10.1. The van der Waals surface area contributed by atoms with E-state index in [4.69, 9.17) is 20.4 Å². The number of hydrogen-bond donors (Lipinski definition) is 3. The maximum atomic E-state index is 11.2. The Hall–Kier alpha value is -3.91. The fourth-order valence-corrected chi connectivity index (χ4v) is 4.06. The average molecular weight is 428 g/mol. The number of carbonyl (C=O) groups is 1. The number of hydrogen-bond acceptors (Lipinski definition) is 6. The van der Waals surface area contributed by atoms with Crippen LogP contribution in [0.1, 0.15) is 22.5 Å². The minimum atomic E-state index is -0.815. The van der Waals surface area contributed by atoms with Gasteiger partial charge in [0.15, 0.2) is 0 Å². The third kappa shape index (κ3) is 4.00. The predicted octanol–water partition coefficient (Wildman–Crippen LogP) is 3.27. The van der Waals surface area contributed by atoms with E-state index in [2.05, 4.69) is 22.8 Å². The second-order valence-corrected chi connectivity index (χ2v) is 7.70. The molecular weight excluding hydrogens is 404 g/mol. The second kappa shape index (κ2) is 8.68. The van der Waals surface area contributed by atoms with Crippen LogP contribution in [0.2, 0.25) is 0 Å². The van der Waals surface area contributed by atoms with E-state index in [0.29, 0.717) is 12.5 Å². The van der Waals surface area contributed by atoms with Crippen LogP contribution < -0.4 is 16.4 Å². The van der Waals surface area contributed by atoms with Gasteiger partial charge in [-0.05, 0) is 17.7 Å². The van der Waals surface area contributed by atoms with Gasteiger partial charge >= 0.3 is 6.09 Å². The highest BCUT2D eigenvalue weighted by molar-refractivity contribution is 5.83.